The minimum Gasteiger partial charge on any atom is -0.353 e. The molecule has 1 unspecified atom stereocenters. The van der Waals surface area contributed by atoms with Crippen molar-refractivity contribution in [3.63, 3.8) is 0 Å². The van der Waals surface area contributed by atoms with Crippen LogP contribution in [0.2, 0.25) is 0 Å². The molecule has 3 amide bonds. The van der Waals surface area contributed by atoms with E-state index < -0.39 is 6.04 Å². The van der Waals surface area contributed by atoms with Crippen LogP contribution in [0.25, 0.3) is 0 Å². The second kappa shape index (κ2) is 9.87. The van der Waals surface area contributed by atoms with Gasteiger partial charge in [0, 0.05) is 25.0 Å². The third-order valence-electron chi connectivity index (χ3n) is 5.64. The van der Waals surface area contributed by atoms with Crippen LogP contribution in [0, 0.1) is 5.92 Å². The third kappa shape index (κ3) is 5.56. The highest BCUT2D eigenvalue weighted by molar-refractivity contribution is 9.11. The zero-order valence-corrected chi connectivity index (χ0v) is 18.6. The van der Waals surface area contributed by atoms with E-state index in [0.29, 0.717) is 18.0 Å². The van der Waals surface area contributed by atoms with Crippen molar-refractivity contribution in [3.05, 3.63) is 20.8 Å². The Labute approximate surface area is 178 Å². The SMILES string of the molecule is CC(NC(=O)c1ccc(Br)s1)C(=O)N1CCC(NC(=O)C2CCCCC2)CC1. The molecule has 1 aliphatic carbocycles. The molecule has 0 spiro atoms. The zero-order valence-electron chi connectivity index (χ0n) is 16.2. The number of halogens is 1. The predicted molar refractivity (Wildman–Crippen MR) is 113 cm³/mol. The van der Waals surface area contributed by atoms with E-state index in [1.54, 1.807) is 17.9 Å². The van der Waals surface area contributed by atoms with Crippen molar-refractivity contribution in [1.29, 1.82) is 0 Å². The first-order chi connectivity index (χ1) is 13.4. The van der Waals surface area contributed by atoms with E-state index in [4.69, 9.17) is 0 Å². The third-order valence-corrected chi connectivity index (χ3v) is 7.27. The van der Waals surface area contributed by atoms with Crippen LogP contribution in [0.4, 0.5) is 0 Å². The van der Waals surface area contributed by atoms with Crippen molar-refractivity contribution in [2.75, 3.05) is 13.1 Å². The summed E-state index contributed by atoms with van der Waals surface area (Å²) in [6, 6.07) is 3.13. The molecule has 1 aromatic heterocycles. The summed E-state index contributed by atoms with van der Waals surface area (Å²) in [7, 11) is 0. The molecule has 1 aliphatic heterocycles. The molecule has 154 valence electrons. The van der Waals surface area contributed by atoms with E-state index in [2.05, 4.69) is 26.6 Å². The average Bonchev–Trinajstić information content (AvgIpc) is 3.15. The number of likely N-dealkylation sites (tertiary alicyclic amines) is 1. The van der Waals surface area contributed by atoms with Crippen molar-refractivity contribution >= 4 is 45.0 Å². The van der Waals surface area contributed by atoms with Crippen LogP contribution in [0.3, 0.4) is 0 Å². The summed E-state index contributed by atoms with van der Waals surface area (Å²) in [6.45, 7) is 2.94. The quantitative estimate of drug-likeness (QED) is 0.693. The van der Waals surface area contributed by atoms with E-state index in [1.165, 1.54) is 17.8 Å². The second-order valence-corrected chi connectivity index (χ2v) is 10.2. The number of hydrogen-bond acceptors (Lipinski definition) is 4. The Morgan fingerprint density at radius 2 is 1.79 bits per heavy atom. The molecule has 6 nitrogen and oxygen atoms in total. The number of amides is 3. The van der Waals surface area contributed by atoms with Crippen LogP contribution in [0.15, 0.2) is 15.9 Å². The monoisotopic (exact) mass is 469 g/mol. The minimum atomic E-state index is -0.568. The van der Waals surface area contributed by atoms with Crippen LogP contribution < -0.4 is 10.6 Å². The van der Waals surface area contributed by atoms with E-state index >= 15 is 0 Å². The number of carbonyl (C=O) groups is 3. The molecular weight excluding hydrogens is 442 g/mol. The summed E-state index contributed by atoms with van der Waals surface area (Å²) in [4.78, 5) is 39.7. The van der Waals surface area contributed by atoms with E-state index in [0.717, 1.165) is 42.3 Å². The predicted octanol–water partition coefficient (Wildman–Crippen LogP) is 3.32. The first-order valence-corrected chi connectivity index (χ1v) is 11.7. The highest BCUT2D eigenvalue weighted by Crippen LogP contribution is 2.24. The lowest BCUT2D eigenvalue weighted by Gasteiger charge is -2.34. The number of piperidine rings is 1. The molecule has 0 aromatic carbocycles. The molecule has 28 heavy (non-hydrogen) atoms. The number of rotatable bonds is 5. The molecule has 3 rings (SSSR count). The van der Waals surface area contributed by atoms with Gasteiger partial charge in [-0.3, -0.25) is 14.4 Å². The molecule has 1 aromatic rings. The Hall–Kier alpha value is -1.41. The van der Waals surface area contributed by atoms with Crippen LogP contribution in [-0.4, -0.2) is 47.8 Å². The Bertz CT molecular complexity index is 709. The maximum absolute atomic E-state index is 12.7. The summed E-state index contributed by atoms with van der Waals surface area (Å²) < 4.78 is 0.883. The van der Waals surface area contributed by atoms with Gasteiger partial charge in [0.1, 0.15) is 6.04 Å². The number of carbonyl (C=O) groups excluding carboxylic acids is 3. The normalized spacial score (nSPS) is 19.9. The molecule has 0 bridgehead atoms. The van der Waals surface area contributed by atoms with Crippen LogP contribution >= 0.6 is 27.3 Å². The highest BCUT2D eigenvalue weighted by Gasteiger charge is 2.29. The van der Waals surface area contributed by atoms with Crippen molar-refractivity contribution < 1.29 is 14.4 Å². The Balaban J connectivity index is 1.42. The van der Waals surface area contributed by atoms with Crippen molar-refractivity contribution in [2.24, 2.45) is 5.92 Å². The summed E-state index contributed by atoms with van der Waals surface area (Å²) in [5.41, 5.74) is 0. The van der Waals surface area contributed by atoms with Crippen molar-refractivity contribution in [3.8, 4) is 0 Å². The fourth-order valence-corrected chi connectivity index (χ4v) is 5.26. The lowest BCUT2D eigenvalue weighted by atomic mass is 9.88. The molecule has 1 saturated carbocycles. The van der Waals surface area contributed by atoms with E-state index in [1.807, 2.05) is 6.07 Å². The lowest BCUT2D eigenvalue weighted by Crippen LogP contribution is -2.52. The summed E-state index contributed by atoms with van der Waals surface area (Å²) in [5.74, 6) is 0.0559. The highest BCUT2D eigenvalue weighted by atomic mass is 79.9. The van der Waals surface area contributed by atoms with Gasteiger partial charge < -0.3 is 15.5 Å². The van der Waals surface area contributed by atoms with E-state index in [-0.39, 0.29) is 29.7 Å². The van der Waals surface area contributed by atoms with Gasteiger partial charge in [-0.25, -0.2) is 0 Å². The second-order valence-electron chi connectivity index (χ2n) is 7.74. The van der Waals surface area contributed by atoms with Gasteiger partial charge in [-0.1, -0.05) is 19.3 Å². The lowest BCUT2D eigenvalue weighted by molar-refractivity contribution is -0.134. The van der Waals surface area contributed by atoms with Gasteiger partial charge in [0.15, 0.2) is 0 Å². The summed E-state index contributed by atoms with van der Waals surface area (Å²) in [6.07, 6.45) is 7.07. The van der Waals surface area contributed by atoms with E-state index in [9.17, 15) is 14.4 Å². The van der Waals surface area contributed by atoms with Gasteiger partial charge in [0.25, 0.3) is 5.91 Å². The molecule has 2 heterocycles. The Morgan fingerprint density at radius 3 is 2.39 bits per heavy atom. The molecule has 1 saturated heterocycles. The number of nitrogens with zero attached hydrogens (tertiary/aromatic N) is 1. The molecular formula is C20H28BrN3O3S. The standard InChI is InChI=1S/C20H28BrN3O3S/c1-13(22-19(26)16-7-8-17(21)28-16)20(27)24-11-9-15(10-12-24)23-18(25)14-5-3-2-4-6-14/h7-8,13-15H,2-6,9-12H2,1H3,(H,22,26)(H,23,25). The maximum atomic E-state index is 12.7. The molecule has 0 radical (unpaired) electrons. The first-order valence-electron chi connectivity index (χ1n) is 10.1. The molecule has 2 aliphatic rings. The van der Waals surface area contributed by atoms with Crippen molar-refractivity contribution in [2.45, 2.75) is 64.0 Å². The Kier molecular flexibility index (Phi) is 7.51. The zero-order chi connectivity index (χ0) is 20.1. The largest absolute Gasteiger partial charge is 0.353 e. The Morgan fingerprint density at radius 1 is 1.11 bits per heavy atom. The summed E-state index contributed by atoms with van der Waals surface area (Å²) >= 11 is 4.68. The van der Waals surface area contributed by atoms with Gasteiger partial charge in [-0.15, -0.1) is 11.3 Å². The molecule has 8 heteroatoms. The van der Waals surface area contributed by atoms with Crippen LogP contribution in [-0.2, 0) is 9.59 Å². The fraction of sp³-hybridized carbons (Fsp3) is 0.650. The maximum Gasteiger partial charge on any atom is 0.262 e. The minimum absolute atomic E-state index is 0.0685. The number of thiophene rings is 1. The molecule has 1 atom stereocenters. The number of hydrogen-bond donors (Lipinski definition) is 2. The molecule has 2 N–H and O–H groups in total. The smallest absolute Gasteiger partial charge is 0.262 e. The van der Waals surface area contributed by atoms with Crippen LogP contribution in [0.1, 0.15) is 61.5 Å². The van der Waals surface area contributed by atoms with Gasteiger partial charge in [-0.05, 0) is 60.7 Å². The first kappa shape index (κ1) is 21.3. The van der Waals surface area contributed by atoms with Gasteiger partial charge in [0.2, 0.25) is 11.8 Å². The number of nitrogens with one attached hydrogen (secondary N) is 2. The fourth-order valence-electron chi connectivity index (χ4n) is 3.97. The van der Waals surface area contributed by atoms with Crippen LogP contribution in [0.5, 0.6) is 0 Å². The van der Waals surface area contributed by atoms with Gasteiger partial charge in [-0.2, -0.15) is 0 Å². The van der Waals surface area contributed by atoms with Crippen molar-refractivity contribution in [1.82, 2.24) is 15.5 Å². The molecule has 2 fully saturated rings. The average molecular weight is 470 g/mol. The topological polar surface area (TPSA) is 78.5 Å². The summed E-state index contributed by atoms with van der Waals surface area (Å²) in [5, 5.41) is 5.97. The van der Waals surface area contributed by atoms with Gasteiger partial charge >= 0.3 is 0 Å². The van der Waals surface area contributed by atoms with Gasteiger partial charge in [0.05, 0.1) is 8.66 Å².